The van der Waals surface area contributed by atoms with E-state index in [0.29, 0.717) is 6.42 Å². The molecule has 3 aromatic rings. The molecule has 0 aliphatic rings. The summed E-state index contributed by atoms with van der Waals surface area (Å²) in [5.74, 6) is -3.64. The Morgan fingerprint density at radius 2 is 1.10 bits per heavy atom. The van der Waals surface area contributed by atoms with Crippen molar-refractivity contribution in [2.45, 2.75) is 76.2 Å². The maximum absolute atomic E-state index is 13.8. The third-order valence-electron chi connectivity index (χ3n) is 7.21. The number of nitrogens with two attached hydrogens (primary N) is 1. The largest absolute Gasteiger partial charge is 0.481 e. The van der Waals surface area contributed by atoms with Crippen LogP contribution in [0.5, 0.6) is 0 Å². The van der Waals surface area contributed by atoms with Crippen LogP contribution in [0.4, 0.5) is 4.79 Å². The fraction of sp³-hybridized carbons (Fsp3) is 0.361. The minimum atomic E-state index is -1.51. The summed E-state index contributed by atoms with van der Waals surface area (Å²) < 4.78 is 5.47. The average Bonchev–Trinajstić information content (AvgIpc) is 3.02. The van der Waals surface area contributed by atoms with Gasteiger partial charge >= 0.3 is 12.1 Å². The zero-order valence-corrected chi connectivity index (χ0v) is 27.5. The first kappa shape index (κ1) is 37.2. The molecule has 0 unspecified atom stereocenters. The van der Waals surface area contributed by atoms with E-state index in [1.165, 1.54) is 0 Å². The number of alkyl carbamates (subject to hydrolysis) is 1. The lowest BCUT2D eigenvalue weighted by atomic mass is 10.0. The zero-order valence-electron chi connectivity index (χ0n) is 27.5. The summed E-state index contributed by atoms with van der Waals surface area (Å²) in [5.41, 5.74) is 7.32. The molecular formula is C36H45N5O7. The van der Waals surface area contributed by atoms with Crippen molar-refractivity contribution in [1.82, 2.24) is 21.3 Å². The highest BCUT2D eigenvalue weighted by Gasteiger charge is 2.31. The molecule has 12 nitrogen and oxygen atoms in total. The molecule has 4 amide bonds. The third kappa shape index (κ3) is 13.6. The van der Waals surface area contributed by atoms with Gasteiger partial charge in [-0.25, -0.2) is 4.79 Å². The maximum atomic E-state index is 13.8. The van der Waals surface area contributed by atoms with E-state index in [1.807, 2.05) is 60.7 Å². The number of carboxylic acids is 1. The number of amides is 4. The lowest BCUT2D eigenvalue weighted by molar-refractivity contribution is -0.141. The van der Waals surface area contributed by atoms with Gasteiger partial charge in [-0.15, -0.1) is 0 Å². The fourth-order valence-electron chi connectivity index (χ4n) is 4.94. The normalized spacial score (nSPS) is 13.6. The standard InChI is InChI=1S/C36H45N5O7/c1-36(2,3)48-35(47)39-27(19-24-13-7-4-8-14-24)23-38-29(21-26-17-11-6-12-18-26)33(45)41-30(22-31(42)43)34(46)40-28(32(37)44)20-25-15-9-5-10-16-25/h4-18,27-30,38H,19-23H2,1-3H3,(H2,37,44)(H,39,47)(H,40,46)(H,41,45)(H,42,43)/t27-,28-,29-,30-/m0/s1. The number of benzene rings is 3. The van der Waals surface area contributed by atoms with Crippen LogP contribution >= 0.6 is 0 Å². The second kappa shape index (κ2) is 18.2. The predicted octanol–water partition coefficient (Wildman–Crippen LogP) is 2.50. The van der Waals surface area contributed by atoms with Crippen molar-refractivity contribution in [3.05, 3.63) is 108 Å². The first-order chi connectivity index (χ1) is 22.8. The van der Waals surface area contributed by atoms with Crippen LogP contribution in [0.1, 0.15) is 43.9 Å². The molecule has 0 spiro atoms. The van der Waals surface area contributed by atoms with Crippen molar-refractivity contribution in [3.8, 4) is 0 Å². The van der Waals surface area contributed by atoms with Gasteiger partial charge in [-0.2, -0.15) is 0 Å². The van der Waals surface area contributed by atoms with Gasteiger partial charge in [-0.1, -0.05) is 91.0 Å². The lowest BCUT2D eigenvalue weighted by Gasteiger charge is -2.27. The molecule has 256 valence electrons. The molecule has 48 heavy (non-hydrogen) atoms. The van der Waals surface area contributed by atoms with Gasteiger partial charge in [0.05, 0.1) is 12.5 Å². The molecule has 0 aromatic heterocycles. The van der Waals surface area contributed by atoms with E-state index in [0.717, 1.165) is 16.7 Å². The smallest absolute Gasteiger partial charge is 0.407 e. The van der Waals surface area contributed by atoms with Crippen LogP contribution in [0.25, 0.3) is 0 Å². The molecule has 12 heteroatoms. The van der Waals surface area contributed by atoms with E-state index in [9.17, 15) is 29.1 Å². The molecule has 0 aliphatic heterocycles. The van der Waals surface area contributed by atoms with Crippen molar-refractivity contribution in [1.29, 1.82) is 0 Å². The number of carbonyl (C=O) groups is 5. The van der Waals surface area contributed by atoms with Gasteiger partial charge < -0.3 is 36.8 Å². The van der Waals surface area contributed by atoms with Gasteiger partial charge in [0.1, 0.15) is 17.7 Å². The first-order valence-electron chi connectivity index (χ1n) is 15.8. The summed E-state index contributed by atoms with van der Waals surface area (Å²) >= 11 is 0. The Labute approximate surface area is 280 Å². The number of carbonyl (C=O) groups excluding carboxylic acids is 4. The Kier molecular flexibility index (Phi) is 14.1. The highest BCUT2D eigenvalue weighted by atomic mass is 16.6. The summed E-state index contributed by atoms with van der Waals surface area (Å²) in [6, 6.07) is 23.5. The van der Waals surface area contributed by atoms with Crippen LogP contribution < -0.4 is 27.0 Å². The monoisotopic (exact) mass is 659 g/mol. The molecule has 3 aromatic carbocycles. The number of ether oxygens (including phenoxy) is 1. The van der Waals surface area contributed by atoms with E-state index in [1.54, 1.807) is 51.1 Å². The molecule has 0 heterocycles. The maximum Gasteiger partial charge on any atom is 0.407 e. The van der Waals surface area contributed by atoms with Gasteiger partial charge in [0.25, 0.3) is 0 Å². The Morgan fingerprint density at radius 3 is 1.56 bits per heavy atom. The van der Waals surface area contributed by atoms with Crippen LogP contribution in [0.15, 0.2) is 91.0 Å². The molecule has 0 saturated heterocycles. The Bertz CT molecular complexity index is 1500. The number of rotatable bonds is 17. The predicted molar refractivity (Wildman–Crippen MR) is 181 cm³/mol. The van der Waals surface area contributed by atoms with Crippen LogP contribution in [-0.4, -0.2) is 71.2 Å². The van der Waals surface area contributed by atoms with Crippen molar-refractivity contribution in [2.24, 2.45) is 5.73 Å². The molecule has 7 N–H and O–H groups in total. The summed E-state index contributed by atoms with van der Waals surface area (Å²) in [5, 5.41) is 20.7. The molecule has 4 atom stereocenters. The van der Waals surface area contributed by atoms with Gasteiger partial charge in [0.15, 0.2) is 0 Å². The minimum absolute atomic E-state index is 0.0846. The number of hydrogen-bond acceptors (Lipinski definition) is 7. The highest BCUT2D eigenvalue weighted by Crippen LogP contribution is 2.10. The second-order valence-electron chi connectivity index (χ2n) is 12.5. The molecule has 0 bridgehead atoms. The molecule has 0 fully saturated rings. The summed E-state index contributed by atoms with van der Waals surface area (Å²) in [7, 11) is 0. The van der Waals surface area contributed by atoms with Crippen molar-refractivity contribution in [2.75, 3.05) is 6.54 Å². The van der Waals surface area contributed by atoms with E-state index < -0.39 is 66.0 Å². The number of nitrogens with one attached hydrogen (secondary N) is 4. The average molecular weight is 660 g/mol. The molecular weight excluding hydrogens is 614 g/mol. The lowest BCUT2D eigenvalue weighted by Crippen LogP contribution is -2.58. The summed E-state index contributed by atoms with van der Waals surface area (Å²) in [6.45, 7) is 5.41. The Hall–Kier alpha value is -5.23. The molecule has 3 rings (SSSR count). The number of primary amides is 1. The fourth-order valence-corrected chi connectivity index (χ4v) is 4.94. The van der Waals surface area contributed by atoms with Gasteiger partial charge in [0, 0.05) is 19.0 Å². The van der Waals surface area contributed by atoms with Crippen molar-refractivity contribution >= 4 is 29.8 Å². The molecule has 0 radical (unpaired) electrons. The van der Waals surface area contributed by atoms with Crippen LogP contribution in [0.2, 0.25) is 0 Å². The quantitative estimate of drug-likeness (QED) is 0.127. The van der Waals surface area contributed by atoms with Crippen LogP contribution in [-0.2, 0) is 43.2 Å². The van der Waals surface area contributed by atoms with E-state index in [-0.39, 0.29) is 19.4 Å². The second-order valence-corrected chi connectivity index (χ2v) is 12.5. The van der Waals surface area contributed by atoms with Crippen LogP contribution in [0, 0.1) is 0 Å². The van der Waals surface area contributed by atoms with Gasteiger partial charge in [-0.05, 0) is 50.3 Å². The topological polar surface area (TPSA) is 189 Å². The molecule has 0 saturated carbocycles. The Balaban J connectivity index is 1.80. The van der Waals surface area contributed by atoms with Gasteiger partial charge in [-0.3, -0.25) is 19.2 Å². The van der Waals surface area contributed by atoms with Gasteiger partial charge in [0.2, 0.25) is 17.7 Å². The Morgan fingerprint density at radius 1 is 0.667 bits per heavy atom. The van der Waals surface area contributed by atoms with Crippen molar-refractivity contribution in [3.63, 3.8) is 0 Å². The highest BCUT2D eigenvalue weighted by molar-refractivity contribution is 5.94. The number of aliphatic carboxylic acids is 1. The van der Waals surface area contributed by atoms with E-state index in [2.05, 4.69) is 21.3 Å². The number of hydrogen-bond donors (Lipinski definition) is 6. The SMILES string of the molecule is CC(C)(C)OC(=O)N[C@H](CN[C@@H](Cc1ccccc1)C(=O)N[C@@H](CC(=O)O)C(=O)N[C@@H](Cc1ccccc1)C(N)=O)Cc1ccccc1. The van der Waals surface area contributed by atoms with E-state index in [4.69, 9.17) is 10.5 Å². The summed E-state index contributed by atoms with van der Waals surface area (Å²) in [4.78, 5) is 63.8. The zero-order chi connectivity index (χ0) is 35.1. The van der Waals surface area contributed by atoms with E-state index >= 15 is 0 Å². The first-order valence-corrected chi connectivity index (χ1v) is 15.8. The van der Waals surface area contributed by atoms with Crippen LogP contribution in [0.3, 0.4) is 0 Å². The number of carboxylic acid groups (broad SMARTS) is 1. The third-order valence-corrected chi connectivity index (χ3v) is 7.21. The minimum Gasteiger partial charge on any atom is -0.481 e. The van der Waals surface area contributed by atoms with Crippen molar-refractivity contribution < 1.29 is 33.8 Å². The summed E-state index contributed by atoms with van der Waals surface area (Å²) in [6.07, 6.45) is -0.652. The molecule has 0 aliphatic carbocycles.